The second-order valence-corrected chi connectivity index (χ2v) is 4.84. The molecule has 0 bridgehead atoms. The fraction of sp³-hybridized carbons (Fsp3) is 0.625. The van der Waals surface area contributed by atoms with Crippen LogP contribution in [0.4, 0.5) is 0 Å². The van der Waals surface area contributed by atoms with Gasteiger partial charge in [-0.05, 0) is 12.0 Å². The number of hydrogen-bond donors (Lipinski definition) is 1. The minimum atomic E-state index is -0.271. The van der Waals surface area contributed by atoms with Crippen molar-refractivity contribution in [1.29, 1.82) is 0 Å². The zero-order valence-electron chi connectivity index (χ0n) is 11.1. The van der Waals surface area contributed by atoms with Gasteiger partial charge in [0.2, 0.25) is 0 Å². The molecule has 1 N–H and O–H groups in total. The molecule has 0 aliphatic rings. The van der Waals surface area contributed by atoms with Gasteiger partial charge in [0.25, 0.3) is 0 Å². The third kappa shape index (κ3) is 6.48. The standard InChI is InChI=1S/C16H26O/c1-2-3-4-5-6-7-11-14-16(17)15-12-9-8-10-13-15/h8-10,12-13,16-17H,2-7,11,14H2,1H3/t16-/m0/s1. The second-order valence-electron chi connectivity index (χ2n) is 4.84. The highest BCUT2D eigenvalue weighted by atomic mass is 16.3. The fourth-order valence-corrected chi connectivity index (χ4v) is 2.14. The van der Waals surface area contributed by atoms with Gasteiger partial charge < -0.3 is 5.11 Å². The predicted molar refractivity (Wildman–Crippen MR) is 74.0 cm³/mol. The average Bonchev–Trinajstić information content (AvgIpc) is 2.38. The number of hydrogen-bond acceptors (Lipinski definition) is 1. The number of unbranched alkanes of at least 4 members (excludes halogenated alkanes) is 6. The van der Waals surface area contributed by atoms with Crippen LogP contribution in [0.5, 0.6) is 0 Å². The van der Waals surface area contributed by atoms with Gasteiger partial charge in [-0.2, -0.15) is 0 Å². The molecule has 0 heterocycles. The zero-order chi connectivity index (χ0) is 12.3. The van der Waals surface area contributed by atoms with E-state index >= 15 is 0 Å². The van der Waals surface area contributed by atoms with Crippen molar-refractivity contribution < 1.29 is 5.11 Å². The SMILES string of the molecule is CCCCCCCCC[C@H](O)c1ccccc1. The van der Waals surface area contributed by atoms with Crippen LogP contribution in [0, 0.1) is 0 Å². The lowest BCUT2D eigenvalue weighted by molar-refractivity contribution is 0.163. The van der Waals surface area contributed by atoms with Gasteiger partial charge in [-0.3, -0.25) is 0 Å². The third-order valence-electron chi connectivity index (χ3n) is 3.27. The summed E-state index contributed by atoms with van der Waals surface area (Å²) < 4.78 is 0. The summed E-state index contributed by atoms with van der Waals surface area (Å²) in [6, 6.07) is 9.98. The first-order valence-electron chi connectivity index (χ1n) is 7.07. The van der Waals surface area contributed by atoms with E-state index in [-0.39, 0.29) is 6.10 Å². The Labute approximate surface area is 106 Å². The summed E-state index contributed by atoms with van der Waals surface area (Å²) in [7, 11) is 0. The topological polar surface area (TPSA) is 20.2 Å². The summed E-state index contributed by atoms with van der Waals surface area (Å²) in [5.41, 5.74) is 1.05. The predicted octanol–water partition coefficient (Wildman–Crippen LogP) is 4.86. The summed E-state index contributed by atoms with van der Waals surface area (Å²) in [6.45, 7) is 2.25. The largest absolute Gasteiger partial charge is 0.388 e. The van der Waals surface area contributed by atoms with Crippen molar-refractivity contribution in [1.82, 2.24) is 0 Å². The van der Waals surface area contributed by atoms with Crippen molar-refractivity contribution in [2.24, 2.45) is 0 Å². The summed E-state index contributed by atoms with van der Waals surface area (Å²) in [5, 5.41) is 9.96. The van der Waals surface area contributed by atoms with Gasteiger partial charge in [0.15, 0.2) is 0 Å². The molecule has 0 aliphatic carbocycles. The van der Waals surface area contributed by atoms with E-state index in [0.29, 0.717) is 0 Å². The van der Waals surface area contributed by atoms with E-state index in [1.54, 1.807) is 0 Å². The number of benzene rings is 1. The zero-order valence-corrected chi connectivity index (χ0v) is 11.1. The molecule has 1 aromatic rings. The van der Waals surface area contributed by atoms with Crippen molar-refractivity contribution in [3.05, 3.63) is 35.9 Å². The summed E-state index contributed by atoms with van der Waals surface area (Å²) in [5.74, 6) is 0. The van der Waals surface area contributed by atoms with Crippen molar-refractivity contribution in [3.63, 3.8) is 0 Å². The highest BCUT2D eigenvalue weighted by Crippen LogP contribution is 2.19. The van der Waals surface area contributed by atoms with Gasteiger partial charge in [0, 0.05) is 0 Å². The van der Waals surface area contributed by atoms with E-state index in [1.807, 2.05) is 30.3 Å². The molecule has 0 unspecified atom stereocenters. The quantitative estimate of drug-likeness (QED) is 0.605. The normalized spacial score (nSPS) is 12.6. The summed E-state index contributed by atoms with van der Waals surface area (Å²) >= 11 is 0. The Morgan fingerprint density at radius 2 is 1.47 bits per heavy atom. The van der Waals surface area contributed by atoms with E-state index in [2.05, 4.69) is 6.92 Å². The minimum Gasteiger partial charge on any atom is -0.388 e. The molecule has 96 valence electrons. The Kier molecular flexibility index (Phi) is 7.74. The molecule has 0 saturated heterocycles. The van der Waals surface area contributed by atoms with Crippen LogP contribution < -0.4 is 0 Å². The van der Waals surface area contributed by atoms with Crippen LogP contribution in [0.3, 0.4) is 0 Å². The Morgan fingerprint density at radius 1 is 0.882 bits per heavy atom. The molecule has 1 nitrogen and oxygen atoms in total. The highest BCUT2D eigenvalue weighted by Gasteiger charge is 2.05. The van der Waals surface area contributed by atoms with Crippen LogP contribution in [0.25, 0.3) is 0 Å². The molecule has 0 saturated carbocycles. The van der Waals surface area contributed by atoms with Crippen molar-refractivity contribution in [2.75, 3.05) is 0 Å². The third-order valence-corrected chi connectivity index (χ3v) is 3.27. The Bertz CT molecular complexity index is 268. The first-order valence-corrected chi connectivity index (χ1v) is 7.07. The molecule has 1 aromatic carbocycles. The van der Waals surface area contributed by atoms with Gasteiger partial charge in [0.1, 0.15) is 0 Å². The first kappa shape index (κ1) is 14.2. The minimum absolute atomic E-state index is 0.271. The Balaban J connectivity index is 2.03. The van der Waals surface area contributed by atoms with Crippen LogP contribution in [-0.2, 0) is 0 Å². The lowest BCUT2D eigenvalue weighted by Gasteiger charge is -2.10. The molecule has 0 aromatic heterocycles. The monoisotopic (exact) mass is 234 g/mol. The Morgan fingerprint density at radius 3 is 2.12 bits per heavy atom. The van der Waals surface area contributed by atoms with E-state index in [9.17, 15) is 5.11 Å². The average molecular weight is 234 g/mol. The number of aliphatic hydroxyl groups is 1. The lowest BCUT2D eigenvalue weighted by atomic mass is 10.0. The Hall–Kier alpha value is -0.820. The maximum absolute atomic E-state index is 9.96. The van der Waals surface area contributed by atoms with E-state index < -0.39 is 0 Å². The van der Waals surface area contributed by atoms with Gasteiger partial charge in [-0.15, -0.1) is 0 Å². The van der Waals surface area contributed by atoms with Crippen LogP contribution >= 0.6 is 0 Å². The molecule has 0 aliphatic heterocycles. The molecular formula is C16H26O. The van der Waals surface area contributed by atoms with Crippen molar-refractivity contribution in [3.8, 4) is 0 Å². The molecule has 1 rings (SSSR count). The molecule has 0 radical (unpaired) electrons. The molecule has 0 fully saturated rings. The summed E-state index contributed by atoms with van der Waals surface area (Å²) in [4.78, 5) is 0. The first-order chi connectivity index (χ1) is 8.34. The van der Waals surface area contributed by atoms with E-state index in [1.165, 1.54) is 38.5 Å². The van der Waals surface area contributed by atoms with Crippen LogP contribution in [0.15, 0.2) is 30.3 Å². The van der Waals surface area contributed by atoms with Gasteiger partial charge in [-0.1, -0.05) is 82.2 Å². The van der Waals surface area contributed by atoms with Gasteiger partial charge in [0.05, 0.1) is 6.10 Å². The molecular weight excluding hydrogens is 208 g/mol. The fourth-order valence-electron chi connectivity index (χ4n) is 2.14. The molecule has 1 atom stereocenters. The number of rotatable bonds is 9. The number of aliphatic hydroxyl groups excluding tert-OH is 1. The highest BCUT2D eigenvalue weighted by molar-refractivity contribution is 5.16. The van der Waals surface area contributed by atoms with Gasteiger partial charge in [-0.25, -0.2) is 0 Å². The molecule has 1 heteroatoms. The molecule has 0 amide bonds. The second kappa shape index (κ2) is 9.23. The summed E-state index contributed by atoms with van der Waals surface area (Å²) in [6.07, 6.45) is 9.76. The smallest absolute Gasteiger partial charge is 0.0790 e. The van der Waals surface area contributed by atoms with E-state index in [0.717, 1.165) is 18.4 Å². The van der Waals surface area contributed by atoms with Crippen molar-refractivity contribution >= 4 is 0 Å². The van der Waals surface area contributed by atoms with E-state index in [4.69, 9.17) is 0 Å². The van der Waals surface area contributed by atoms with Crippen LogP contribution in [0.2, 0.25) is 0 Å². The lowest BCUT2D eigenvalue weighted by Crippen LogP contribution is -1.96. The van der Waals surface area contributed by atoms with Crippen LogP contribution in [0.1, 0.15) is 70.0 Å². The van der Waals surface area contributed by atoms with Gasteiger partial charge >= 0.3 is 0 Å². The maximum atomic E-state index is 9.96. The maximum Gasteiger partial charge on any atom is 0.0790 e. The molecule has 0 spiro atoms. The van der Waals surface area contributed by atoms with Crippen LogP contribution in [-0.4, -0.2) is 5.11 Å². The molecule has 17 heavy (non-hydrogen) atoms. The van der Waals surface area contributed by atoms with Crippen molar-refractivity contribution in [2.45, 2.75) is 64.4 Å².